The van der Waals surface area contributed by atoms with Crippen molar-refractivity contribution in [1.82, 2.24) is 9.78 Å². The molecule has 0 bridgehead atoms. The van der Waals surface area contributed by atoms with Gasteiger partial charge in [-0.15, -0.1) is 11.6 Å². The predicted octanol–water partition coefficient (Wildman–Crippen LogP) is 2.19. The van der Waals surface area contributed by atoms with Crippen LogP contribution in [0.5, 0.6) is 0 Å². The fourth-order valence-electron chi connectivity index (χ4n) is 1.50. The second-order valence-electron chi connectivity index (χ2n) is 3.34. The van der Waals surface area contributed by atoms with Crippen molar-refractivity contribution in [3.8, 4) is 0 Å². The van der Waals surface area contributed by atoms with Gasteiger partial charge in [-0.25, -0.2) is 4.68 Å². The number of halogens is 1. The largest absolute Gasteiger partial charge is 0.274 e. The van der Waals surface area contributed by atoms with Gasteiger partial charge in [-0.3, -0.25) is 4.79 Å². The first-order valence-corrected chi connectivity index (χ1v) is 5.52. The summed E-state index contributed by atoms with van der Waals surface area (Å²) in [6, 6.07) is 7.42. The normalized spacial score (nSPS) is 11.3. The minimum atomic E-state index is -0.0719. The Hall–Kier alpha value is -1.61. The van der Waals surface area contributed by atoms with Crippen molar-refractivity contribution >= 4 is 22.4 Å². The Labute approximate surface area is 98.0 Å². The molecule has 82 valence electrons. The third kappa shape index (κ3) is 2.14. The van der Waals surface area contributed by atoms with Crippen LogP contribution in [0.2, 0.25) is 0 Å². The van der Waals surface area contributed by atoms with E-state index in [1.54, 1.807) is 18.3 Å². The molecule has 1 heterocycles. The van der Waals surface area contributed by atoms with Crippen molar-refractivity contribution in [2.24, 2.45) is 0 Å². The Morgan fingerprint density at radius 1 is 1.31 bits per heavy atom. The highest BCUT2D eigenvalue weighted by molar-refractivity contribution is 6.18. The molecule has 0 saturated heterocycles. The number of aromatic nitrogens is 2. The molecule has 0 amide bonds. The van der Waals surface area contributed by atoms with Gasteiger partial charge in [-0.2, -0.15) is 5.10 Å². The third-order valence-corrected chi connectivity index (χ3v) is 2.47. The summed E-state index contributed by atoms with van der Waals surface area (Å²) in [4.78, 5) is 12.0. The highest BCUT2D eigenvalue weighted by Crippen LogP contribution is 2.06. The van der Waals surface area contributed by atoms with Gasteiger partial charge in [0.15, 0.2) is 0 Å². The second kappa shape index (κ2) is 4.94. The van der Waals surface area contributed by atoms with Gasteiger partial charge in [0.05, 0.1) is 18.1 Å². The van der Waals surface area contributed by atoms with Gasteiger partial charge in [-0.05, 0) is 6.07 Å². The molecule has 1 aromatic heterocycles. The molecule has 0 saturated carbocycles. The maximum absolute atomic E-state index is 12.0. The first kappa shape index (κ1) is 10.9. The fraction of sp³-hybridized carbons (Fsp3) is 0.167. The molecule has 16 heavy (non-hydrogen) atoms. The number of nitrogens with zero attached hydrogens (tertiary/aromatic N) is 2. The summed E-state index contributed by atoms with van der Waals surface area (Å²) in [5.74, 6) is 0.447. The minimum Gasteiger partial charge on any atom is -0.267 e. The molecule has 0 spiro atoms. The van der Waals surface area contributed by atoms with Crippen LogP contribution in [-0.4, -0.2) is 15.7 Å². The highest BCUT2D eigenvalue weighted by Gasteiger charge is 2.00. The molecular weight excluding hydrogens is 224 g/mol. The van der Waals surface area contributed by atoms with Crippen molar-refractivity contribution in [3.63, 3.8) is 0 Å². The van der Waals surface area contributed by atoms with Crippen molar-refractivity contribution in [1.29, 1.82) is 0 Å². The molecule has 2 rings (SSSR count). The Morgan fingerprint density at radius 3 is 2.94 bits per heavy atom. The summed E-state index contributed by atoms with van der Waals surface area (Å²) in [5.41, 5.74) is -0.0719. The number of fused-ring (bicyclic) bond motifs is 1. The molecule has 0 aliphatic carbocycles. The van der Waals surface area contributed by atoms with Crippen LogP contribution in [0, 0.1) is 0 Å². The Morgan fingerprint density at radius 2 is 2.12 bits per heavy atom. The van der Waals surface area contributed by atoms with Crippen LogP contribution in [0.3, 0.4) is 0 Å². The van der Waals surface area contributed by atoms with Crippen LogP contribution >= 0.6 is 11.6 Å². The van der Waals surface area contributed by atoms with E-state index < -0.39 is 0 Å². The average molecular weight is 235 g/mol. The van der Waals surface area contributed by atoms with Gasteiger partial charge in [-0.1, -0.05) is 30.4 Å². The van der Waals surface area contributed by atoms with Crippen LogP contribution in [0.1, 0.15) is 0 Å². The number of benzene rings is 1. The summed E-state index contributed by atoms with van der Waals surface area (Å²) in [5, 5.41) is 5.65. The predicted molar refractivity (Wildman–Crippen MR) is 65.9 cm³/mol. The monoisotopic (exact) mass is 234 g/mol. The molecule has 3 nitrogen and oxygen atoms in total. The lowest BCUT2D eigenvalue weighted by molar-refractivity contribution is 0.660. The molecule has 4 heteroatoms. The van der Waals surface area contributed by atoms with Crippen LogP contribution in [-0.2, 0) is 6.54 Å². The summed E-state index contributed by atoms with van der Waals surface area (Å²) in [6.45, 7) is 0.455. The zero-order valence-corrected chi connectivity index (χ0v) is 9.39. The van der Waals surface area contributed by atoms with E-state index in [-0.39, 0.29) is 5.56 Å². The molecule has 0 aliphatic heterocycles. The number of alkyl halides is 1. The smallest absolute Gasteiger partial charge is 0.267 e. The molecule has 1 aromatic carbocycles. The summed E-state index contributed by atoms with van der Waals surface area (Å²) >= 11 is 5.51. The summed E-state index contributed by atoms with van der Waals surface area (Å²) in [7, 11) is 0. The Balaban J connectivity index is 2.45. The lowest BCUT2D eigenvalue weighted by atomic mass is 10.2. The molecule has 0 radical (unpaired) electrons. The van der Waals surface area contributed by atoms with Crippen LogP contribution in [0.25, 0.3) is 10.8 Å². The summed E-state index contributed by atoms with van der Waals surface area (Å²) < 4.78 is 1.42. The van der Waals surface area contributed by atoms with E-state index in [1.165, 1.54) is 4.68 Å². The fourth-order valence-corrected chi connectivity index (χ4v) is 1.62. The minimum absolute atomic E-state index is 0.0719. The van der Waals surface area contributed by atoms with Gasteiger partial charge < -0.3 is 0 Å². The van der Waals surface area contributed by atoms with Gasteiger partial charge in [0, 0.05) is 11.3 Å². The zero-order valence-electron chi connectivity index (χ0n) is 8.64. The first-order valence-electron chi connectivity index (χ1n) is 4.99. The highest BCUT2D eigenvalue weighted by atomic mass is 35.5. The molecule has 0 aliphatic rings. The Kier molecular flexibility index (Phi) is 3.37. The van der Waals surface area contributed by atoms with E-state index in [0.29, 0.717) is 17.8 Å². The van der Waals surface area contributed by atoms with Gasteiger partial charge in [0.1, 0.15) is 0 Å². The topological polar surface area (TPSA) is 34.9 Å². The van der Waals surface area contributed by atoms with Crippen molar-refractivity contribution in [3.05, 3.63) is 53.0 Å². The van der Waals surface area contributed by atoms with E-state index in [0.717, 1.165) is 5.39 Å². The van der Waals surface area contributed by atoms with E-state index in [1.807, 2.05) is 24.3 Å². The number of hydrogen-bond acceptors (Lipinski definition) is 2. The third-order valence-electron chi connectivity index (χ3n) is 2.30. The summed E-state index contributed by atoms with van der Waals surface area (Å²) in [6.07, 6.45) is 5.33. The SMILES string of the molecule is O=c1c2ccccc2cnn1CC=CCCl. The van der Waals surface area contributed by atoms with E-state index >= 15 is 0 Å². The van der Waals surface area contributed by atoms with Crippen molar-refractivity contribution < 1.29 is 0 Å². The number of allylic oxidation sites excluding steroid dienone is 2. The van der Waals surface area contributed by atoms with Gasteiger partial charge in [0.25, 0.3) is 5.56 Å². The quantitative estimate of drug-likeness (QED) is 0.603. The van der Waals surface area contributed by atoms with E-state index in [4.69, 9.17) is 11.6 Å². The lowest BCUT2D eigenvalue weighted by Crippen LogP contribution is -2.21. The lowest BCUT2D eigenvalue weighted by Gasteiger charge is -2.02. The molecule has 0 fully saturated rings. The number of rotatable bonds is 3. The van der Waals surface area contributed by atoms with Crippen LogP contribution < -0.4 is 5.56 Å². The molecule has 2 aromatic rings. The zero-order chi connectivity index (χ0) is 11.4. The van der Waals surface area contributed by atoms with Crippen LogP contribution in [0.4, 0.5) is 0 Å². The van der Waals surface area contributed by atoms with Crippen molar-refractivity contribution in [2.45, 2.75) is 6.54 Å². The van der Waals surface area contributed by atoms with E-state index in [9.17, 15) is 4.79 Å². The maximum Gasteiger partial charge on any atom is 0.274 e. The second-order valence-corrected chi connectivity index (χ2v) is 3.65. The van der Waals surface area contributed by atoms with Crippen molar-refractivity contribution in [2.75, 3.05) is 5.88 Å². The molecule has 0 atom stereocenters. The van der Waals surface area contributed by atoms with Gasteiger partial charge in [0.2, 0.25) is 0 Å². The Bertz CT molecular complexity index is 574. The molecule has 0 unspecified atom stereocenters. The van der Waals surface area contributed by atoms with Crippen LogP contribution in [0.15, 0.2) is 47.4 Å². The van der Waals surface area contributed by atoms with Gasteiger partial charge >= 0.3 is 0 Å². The average Bonchev–Trinajstić information content (AvgIpc) is 2.33. The van der Waals surface area contributed by atoms with E-state index in [2.05, 4.69) is 5.10 Å². The standard InChI is InChI=1S/C12H11ClN2O/c13-7-3-4-8-15-12(16)11-6-2-1-5-10(11)9-14-15/h1-6,9H,7-8H2. The maximum atomic E-state index is 12.0. The molecule has 0 N–H and O–H groups in total. The first-order chi connectivity index (χ1) is 7.83. The molecular formula is C12H11ClN2O. The number of hydrogen-bond donors (Lipinski definition) is 0.